The Bertz CT molecular complexity index is 787. The minimum atomic E-state index is -0.473. The Hall–Kier alpha value is -2.28. The number of nitrogens with zero attached hydrogens (tertiary/aromatic N) is 2. The van der Waals surface area contributed by atoms with Gasteiger partial charge in [-0.3, -0.25) is 19.8 Å². The number of nitro groups is 1. The lowest BCUT2D eigenvalue weighted by molar-refractivity contribution is -0.384. The van der Waals surface area contributed by atoms with Crippen molar-refractivity contribution in [1.29, 1.82) is 0 Å². The molecule has 2 aromatic carbocycles. The van der Waals surface area contributed by atoms with E-state index >= 15 is 0 Å². The number of rotatable bonds is 8. The molecule has 0 bridgehead atoms. The van der Waals surface area contributed by atoms with Crippen LogP contribution in [0, 0.1) is 10.1 Å². The Morgan fingerprint density at radius 2 is 1.74 bits per heavy atom. The largest absolute Gasteiger partial charge is 0.308 e. The van der Waals surface area contributed by atoms with Gasteiger partial charge in [0.2, 0.25) is 0 Å². The lowest BCUT2D eigenvalue weighted by Crippen LogP contribution is -2.36. The van der Waals surface area contributed by atoms with Gasteiger partial charge in [-0.15, -0.1) is 0 Å². The smallest absolute Gasteiger partial charge is 0.269 e. The number of hydrogen-bond donors (Lipinski definition) is 1. The molecule has 6 nitrogen and oxygen atoms in total. The first-order valence-corrected chi connectivity index (χ1v) is 9.40. The molecule has 1 aliphatic heterocycles. The first-order valence-electron chi connectivity index (χ1n) is 9.02. The highest BCUT2D eigenvalue weighted by atomic mass is 35.5. The zero-order valence-electron chi connectivity index (χ0n) is 14.9. The van der Waals surface area contributed by atoms with Crippen LogP contribution in [0.4, 0.5) is 5.69 Å². The molecule has 1 N–H and O–H groups in total. The number of benzene rings is 2. The Kier molecular flexibility index (Phi) is 6.55. The van der Waals surface area contributed by atoms with Gasteiger partial charge in [-0.2, -0.15) is 0 Å². The van der Waals surface area contributed by atoms with Gasteiger partial charge < -0.3 is 5.32 Å². The Morgan fingerprint density at radius 1 is 1.11 bits per heavy atom. The SMILES string of the molecule is O=C(CNCC(c1ccc(Cl)cc1)N1CCCC1)c1ccc([N+](=O)[O-])cc1. The van der Waals surface area contributed by atoms with Crippen LogP contribution in [0.1, 0.15) is 34.8 Å². The maximum atomic E-state index is 12.3. The molecule has 0 aliphatic carbocycles. The van der Waals surface area contributed by atoms with Crippen LogP contribution >= 0.6 is 11.6 Å². The molecule has 1 heterocycles. The van der Waals surface area contributed by atoms with Crippen LogP contribution in [-0.2, 0) is 0 Å². The van der Waals surface area contributed by atoms with Crippen molar-refractivity contribution in [3.05, 3.63) is 74.8 Å². The fourth-order valence-electron chi connectivity index (χ4n) is 3.39. The first-order chi connectivity index (χ1) is 13.0. The maximum absolute atomic E-state index is 12.3. The summed E-state index contributed by atoms with van der Waals surface area (Å²) in [6.07, 6.45) is 2.37. The third-order valence-corrected chi connectivity index (χ3v) is 5.11. The second-order valence-corrected chi connectivity index (χ2v) is 7.10. The lowest BCUT2D eigenvalue weighted by atomic mass is 10.1. The number of halogens is 1. The summed E-state index contributed by atoms with van der Waals surface area (Å²) >= 11 is 6.00. The predicted octanol–water partition coefficient (Wildman–Crippen LogP) is 3.86. The van der Waals surface area contributed by atoms with Gasteiger partial charge in [0.05, 0.1) is 11.5 Å². The van der Waals surface area contributed by atoms with E-state index in [9.17, 15) is 14.9 Å². The average molecular weight is 388 g/mol. The van der Waals surface area contributed by atoms with Gasteiger partial charge in [0, 0.05) is 35.3 Å². The molecule has 1 atom stereocenters. The van der Waals surface area contributed by atoms with E-state index in [0.717, 1.165) is 13.1 Å². The van der Waals surface area contributed by atoms with Crippen molar-refractivity contribution in [2.24, 2.45) is 0 Å². The minimum absolute atomic E-state index is 0.0173. The van der Waals surface area contributed by atoms with Crippen molar-refractivity contribution in [2.75, 3.05) is 26.2 Å². The van der Waals surface area contributed by atoms with Crippen LogP contribution in [0.3, 0.4) is 0 Å². The summed E-state index contributed by atoms with van der Waals surface area (Å²) in [6.45, 7) is 2.94. The van der Waals surface area contributed by atoms with Gasteiger partial charge in [-0.05, 0) is 55.8 Å². The summed E-state index contributed by atoms with van der Waals surface area (Å²) in [5.74, 6) is -0.0822. The van der Waals surface area contributed by atoms with Crippen molar-refractivity contribution < 1.29 is 9.72 Å². The molecule has 2 aromatic rings. The number of hydrogen-bond acceptors (Lipinski definition) is 5. The molecule has 1 fully saturated rings. The number of non-ortho nitro benzene ring substituents is 1. The molecule has 3 rings (SSSR count). The van der Waals surface area contributed by atoms with E-state index in [1.165, 1.54) is 42.7 Å². The first kappa shape index (κ1) is 19.5. The number of carbonyl (C=O) groups excluding carboxylic acids is 1. The number of likely N-dealkylation sites (tertiary alicyclic amines) is 1. The van der Waals surface area contributed by atoms with E-state index in [0.29, 0.717) is 17.1 Å². The molecule has 0 aromatic heterocycles. The fourth-order valence-corrected chi connectivity index (χ4v) is 3.52. The topological polar surface area (TPSA) is 75.5 Å². The van der Waals surface area contributed by atoms with Crippen LogP contribution in [0.15, 0.2) is 48.5 Å². The summed E-state index contributed by atoms with van der Waals surface area (Å²) in [6, 6.07) is 13.7. The average Bonchev–Trinajstić information content (AvgIpc) is 3.20. The molecule has 0 amide bonds. The molecule has 142 valence electrons. The standard InChI is InChI=1S/C20H22ClN3O3/c21-17-7-3-15(4-8-17)19(23-11-1-2-12-23)13-22-14-20(25)16-5-9-18(10-6-16)24(26)27/h3-10,19,22H,1-2,11-14H2. The van der Waals surface area contributed by atoms with E-state index in [2.05, 4.69) is 10.2 Å². The highest BCUT2D eigenvalue weighted by Gasteiger charge is 2.23. The molecule has 1 unspecified atom stereocenters. The highest BCUT2D eigenvalue weighted by molar-refractivity contribution is 6.30. The minimum Gasteiger partial charge on any atom is -0.308 e. The van der Waals surface area contributed by atoms with Crippen molar-refractivity contribution >= 4 is 23.1 Å². The maximum Gasteiger partial charge on any atom is 0.269 e. The highest BCUT2D eigenvalue weighted by Crippen LogP contribution is 2.25. The Balaban J connectivity index is 1.60. The molecule has 7 heteroatoms. The van der Waals surface area contributed by atoms with Crippen LogP contribution in [-0.4, -0.2) is 41.8 Å². The van der Waals surface area contributed by atoms with Gasteiger partial charge in [0.1, 0.15) is 0 Å². The Morgan fingerprint density at radius 3 is 2.33 bits per heavy atom. The van der Waals surface area contributed by atoms with Crippen LogP contribution in [0.2, 0.25) is 5.02 Å². The second kappa shape index (κ2) is 9.08. The van der Waals surface area contributed by atoms with Crippen molar-refractivity contribution in [3.63, 3.8) is 0 Å². The molecule has 27 heavy (non-hydrogen) atoms. The van der Waals surface area contributed by atoms with Crippen molar-refractivity contribution in [2.45, 2.75) is 18.9 Å². The monoisotopic (exact) mass is 387 g/mol. The van der Waals surface area contributed by atoms with Gasteiger partial charge in [-0.1, -0.05) is 23.7 Å². The van der Waals surface area contributed by atoms with Crippen LogP contribution in [0.25, 0.3) is 0 Å². The summed E-state index contributed by atoms with van der Waals surface area (Å²) in [7, 11) is 0. The third-order valence-electron chi connectivity index (χ3n) is 4.86. The predicted molar refractivity (Wildman–Crippen MR) is 105 cm³/mol. The van der Waals surface area contributed by atoms with E-state index in [4.69, 9.17) is 11.6 Å². The zero-order chi connectivity index (χ0) is 19.2. The molecule has 0 spiro atoms. The van der Waals surface area contributed by atoms with E-state index in [1.807, 2.05) is 24.3 Å². The molecule has 1 saturated heterocycles. The number of nitrogens with one attached hydrogen (secondary N) is 1. The van der Waals surface area contributed by atoms with E-state index in [-0.39, 0.29) is 24.1 Å². The second-order valence-electron chi connectivity index (χ2n) is 6.67. The number of nitro benzene ring substituents is 1. The van der Waals surface area contributed by atoms with Crippen molar-refractivity contribution in [3.8, 4) is 0 Å². The van der Waals surface area contributed by atoms with Crippen LogP contribution in [0.5, 0.6) is 0 Å². The van der Waals surface area contributed by atoms with Gasteiger partial charge in [0.15, 0.2) is 5.78 Å². The van der Waals surface area contributed by atoms with Gasteiger partial charge >= 0.3 is 0 Å². The molecule has 0 saturated carbocycles. The molecular formula is C20H22ClN3O3. The summed E-state index contributed by atoms with van der Waals surface area (Å²) in [5.41, 5.74) is 1.63. The number of Topliss-reactive ketones (excluding diaryl/α,β-unsaturated/α-hetero) is 1. The van der Waals surface area contributed by atoms with Gasteiger partial charge in [-0.25, -0.2) is 0 Å². The fraction of sp³-hybridized carbons (Fsp3) is 0.350. The lowest BCUT2D eigenvalue weighted by Gasteiger charge is -2.28. The normalized spacial score (nSPS) is 15.6. The van der Waals surface area contributed by atoms with E-state index in [1.54, 1.807) is 0 Å². The summed E-state index contributed by atoms with van der Waals surface area (Å²) in [4.78, 5) is 25.0. The van der Waals surface area contributed by atoms with E-state index < -0.39 is 4.92 Å². The molecule has 0 radical (unpaired) electrons. The zero-order valence-corrected chi connectivity index (χ0v) is 15.7. The van der Waals surface area contributed by atoms with Crippen molar-refractivity contribution in [1.82, 2.24) is 10.2 Å². The summed E-state index contributed by atoms with van der Waals surface area (Å²) in [5, 5.41) is 14.7. The van der Waals surface area contributed by atoms with Gasteiger partial charge in [0.25, 0.3) is 5.69 Å². The number of ketones is 1. The summed E-state index contributed by atoms with van der Waals surface area (Å²) < 4.78 is 0. The number of carbonyl (C=O) groups is 1. The third kappa shape index (κ3) is 5.13. The Labute approximate surface area is 163 Å². The molecule has 1 aliphatic rings. The quantitative estimate of drug-likeness (QED) is 0.423. The van der Waals surface area contributed by atoms with Crippen LogP contribution < -0.4 is 5.32 Å². The molecular weight excluding hydrogens is 366 g/mol.